The molecule has 4 rings (SSSR count). The largest absolute Gasteiger partial charge is 0.467 e. The summed E-state index contributed by atoms with van der Waals surface area (Å²) in [5.74, 6) is 1.55. The lowest BCUT2D eigenvalue weighted by Gasteiger charge is -2.39. The highest BCUT2D eigenvalue weighted by Gasteiger charge is 2.30. The number of fused-ring (bicyclic) bond motifs is 1. The number of ether oxygens (including phenoxy) is 2. The second-order valence-electron chi connectivity index (χ2n) is 8.62. The second kappa shape index (κ2) is 12.2. The van der Waals surface area contributed by atoms with Gasteiger partial charge in [0, 0.05) is 58.4 Å². The first-order valence-corrected chi connectivity index (χ1v) is 11.6. The van der Waals surface area contributed by atoms with Crippen molar-refractivity contribution in [1.29, 1.82) is 0 Å². The molecule has 33 heavy (non-hydrogen) atoms. The van der Waals surface area contributed by atoms with Crippen LogP contribution in [0.1, 0.15) is 30.9 Å². The Kier molecular flexibility index (Phi) is 9.57. The van der Waals surface area contributed by atoms with E-state index in [9.17, 15) is 9.18 Å². The molecule has 0 radical (unpaired) electrons. The first-order valence-electron chi connectivity index (χ1n) is 11.6. The molecular weight excluding hydrogens is 540 g/mol. The van der Waals surface area contributed by atoms with Crippen LogP contribution in [0.4, 0.5) is 4.39 Å². The summed E-state index contributed by atoms with van der Waals surface area (Å²) in [6, 6.07) is 2.93. The Morgan fingerprint density at radius 2 is 1.88 bits per heavy atom. The average molecular weight is 575 g/mol. The average Bonchev–Trinajstić information content (AvgIpc) is 3.36. The quantitative estimate of drug-likeness (QED) is 0.330. The second-order valence-corrected chi connectivity index (χ2v) is 8.62. The number of rotatable bonds is 5. The molecule has 8 nitrogen and oxygen atoms in total. The van der Waals surface area contributed by atoms with Crippen LogP contribution in [0.15, 0.2) is 17.1 Å². The number of aliphatic imine (C=N–C) groups is 1. The minimum atomic E-state index is -0.272. The maximum Gasteiger partial charge on any atom is 0.239 e. The van der Waals surface area contributed by atoms with Crippen molar-refractivity contribution in [2.24, 2.45) is 4.99 Å². The third-order valence-corrected chi connectivity index (χ3v) is 6.58. The van der Waals surface area contributed by atoms with Crippen molar-refractivity contribution in [2.45, 2.75) is 38.8 Å². The number of carbonyl (C=O) groups is 1. The highest BCUT2D eigenvalue weighted by Crippen LogP contribution is 2.29. The molecule has 0 aliphatic carbocycles. The van der Waals surface area contributed by atoms with Gasteiger partial charge in [-0.25, -0.2) is 4.39 Å². The molecule has 1 N–H and O–H groups in total. The Morgan fingerprint density at radius 3 is 2.58 bits per heavy atom. The summed E-state index contributed by atoms with van der Waals surface area (Å²) in [7, 11) is 1.78. The van der Waals surface area contributed by atoms with Crippen LogP contribution in [0.2, 0.25) is 0 Å². The van der Waals surface area contributed by atoms with Gasteiger partial charge in [-0.2, -0.15) is 0 Å². The molecule has 0 saturated carbocycles. The van der Waals surface area contributed by atoms with E-state index in [1.807, 2.05) is 11.8 Å². The summed E-state index contributed by atoms with van der Waals surface area (Å²) in [6.45, 7) is 8.28. The SMILES string of the molecule is CN=C(NCCc1cc(F)cc2c1OCOC2)N1CCN(C(C)C(=O)N2CCCC2)CC1.I. The van der Waals surface area contributed by atoms with Crippen LogP contribution in [0.3, 0.4) is 0 Å². The van der Waals surface area contributed by atoms with Gasteiger partial charge in [-0.05, 0) is 43.9 Å². The number of likely N-dealkylation sites (tertiary alicyclic amines) is 1. The van der Waals surface area contributed by atoms with Crippen molar-refractivity contribution in [2.75, 3.05) is 59.7 Å². The van der Waals surface area contributed by atoms with Crippen LogP contribution in [0.25, 0.3) is 0 Å². The third-order valence-electron chi connectivity index (χ3n) is 6.58. The number of hydrogen-bond acceptors (Lipinski definition) is 5. The predicted molar refractivity (Wildman–Crippen MR) is 136 cm³/mol. The van der Waals surface area contributed by atoms with E-state index in [1.165, 1.54) is 12.1 Å². The lowest BCUT2D eigenvalue weighted by Crippen LogP contribution is -2.57. The van der Waals surface area contributed by atoms with Gasteiger partial charge in [0.1, 0.15) is 11.6 Å². The normalized spacial score (nSPS) is 20.0. The van der Waals surface area contributed by atoms with Gasteiger partial charge in [0.05, 0.1) is 12.6 Å². The number of nitrogens with zero attached hydrogens (tertiary/aromatic N) is 4. The standard InChI is InChI=1S/C23H34FN5O3.HI/c1-17(22(30)28-7-3-4-8-28)27-9-11-29(12-10-27)23(25-2)26-6-5-18-13-20(24)14-19-15-31-16-32-21(18)19;/h13-14,17H,3-12,15-16H2,1-2H3,(H,25,26);1H. The molecule has 184 valence electrons. The van der Waals surface area contributed by atoms with Crippen molar-refractivity contribution >= 4 is 35.8 Å². The van der Waals surface area contributed by atoms with Crippen LogP contribution in [0, 0.1) is 5.82 Å². The van der Waals surface area contributed by atoms with Gasteiger partial charge in [-0.1, -0.05) is 0 Å². The molecule has 10 heteroatoms. The van der Waals surface area contributed by atoms with Gasteiger partial charge < -0.3 is 24.6 Å². The molecule has 1 aromatic carbocycles. The summed E-state index contributed by atoms with van der Waals surface area (Å²) < 4.78 is 24.8. The zero-order chi connectivity index (χ0) is 22.5. The summed E-state index contributed by atoms with van der Waals surface area (Å²) in [4.78, 5) is 23.6. The number of carbonyl (C=O) groups excluding carboxylic acids is 1. The molecule has 2 fully saturated rings. The summed E-state index contributed by atoms with van der Waals surface area (Å²) in [5, 5.41) is 3.40. The Labute approximate surface area is 212 Å². The minimum Gasteiger partial charge on any atom is -0.467 e. The van der Waals surface area contributed by atoms with Gasteiger partial charge in [-0.3, -0.25) is 14.7 Å². The summed E-state index contributed by atoms with van der Waals surface area (Å²) in [5.41, 5.74) is 1.59. The van der Waals surface area contributed by atoms with E-state index >= 15 is 0 Å². The molecule has 1 aromatic rings. The topological polar surface area (TPSA) is 69.6 Å². The maximum atomic E-state index is 14.0. The maximum absolute atomic E-state index is 14.0. The molecule has 1 atom stereocenters. The third kappa shape index (κ3) is 6.27. The highest BCUT2D eigenvalue weighted by atomic mass is 127. The van der Waals surface area contributed by atoms with E-state index in [1.54, 1.807) is 7.05 Å². The van der Waals surface area contributed by atoms with Crippen LogP contribution in [0.5, 0.6) is 5.75 Å². The minimum absolute atomic E-state index is 0. The smallest absolute Gasteiger partial charge is 0.239 e. The van der Waals surface area contributed by atoms with Crippen LogP contribution < -0.4 is 10.1 Å². The number of halogens is 2. The number of benzene rings is 1. The predicted octanol–water partition coefficient (Wildman–Crippen LogP) is 2.06. The highest BCUT2D eigenvalue weighted by molar-refractivity contribution is 14.0. The van der Waals surface area contributed by atoms with E-state index in [4.69, 9.17) is 9.47 Å². The molecule has 3 aliphatic heterocycles. The molecule has 0 aromatic heterocycles. The Bertz CT molecular complexity index is 842. The molecule has 2 saturated heterocycles. The Morgan fingerprint density at radius 1 is 1.15 bits per heavy atom. The summed E-state index contributed by atoms with van der Waals surface area (Å²) >= 11 is 0. The molecule has 0 spiro atoms. The molecule has 3 aliphatic rings. The lowest BCUT2D eigenvalue weighted by molar-refractivity contribution is -0.135. The van der Waals surface area contributed by atoms with Crippen molar-refractivity contribution in [3.63, 3.8) is 0 Å². The van der Waals surface area contributed by atoms with E-state index in [2.05, 4.69) is 20.1 Å². The first kappa shape index (κ1) is 26.0. The zero-order valence-corrected chi connectivity index (χ0v) is 21.8. The molecule has 3 heterocycles. The fraction of sp³-hybridized carbons (Fsp3) is 0.652. The Balaban J connectivity index is 0.00000306. The number of guanidine groups is 1. The van der Waals surface area contributed by atoms with Crippen molar-refractivity contribution in [3.8, 4) is 5.75 Å². The number of piperazine rings is 1. The number of nitrogens with one attached hydrogen (secondary N) is 1. The van der Waals surface area contributed by atoms with Gasteiger partial charge >= 0.3 is 0 Å². The van der Waals surface area contributed by atoms with Crippen molar-refractivity contribution in [3.05, 3.63) is 29.1 Å². The first-order chi connectivity index (χ1) is 15.6. The van der Waals surface area contributed by atoms with Gasteiger partial charge in [0.15, 0.2) is 12.8 Å². The van der Waals surface area contributed by atoms with E-state index in [0.29, 0.717) is 19.6 Å². The van der Waals surface area contributed by atoms with Crippen molar-refractivity contribution in [1.82, 2.24) is 20.0 Å². The van der Waals surface area contributed by atoms with E-state index in [0.717, 1.165) is 74.9 Å². The van der Waals surface area contributed by atoms with Crippen LogP contribution >= 0.6 is 24.0 Å². The van der Waals surface area contributed by atoms with Gasteiger partial charge in [0.2, 0.25) is 5.91 Å². The monoisotopic (exact) mass is 575 g/mol. The fourth-order valence-corrected chi connectivity index (χ4v) is 4.76. The summed E-state index contributed by atoms with van der Waals surface area (Å²) in [6.07, 6.45) is 2.86. The molecular formula is C23H35FIN5O3. The van der Waals surface area contributed by atoms with Crippen LogP contribution in [-0.4, -0.2) is 92.3 Å². The number of hydrogen-bond donors (Lipinski definition) is 1. The van der Waals surface area contributed by atoms with Gasteiger partial charge in [-0.15, -0.1) is 24.0 Å². The van der Waals surface area contributed by atoms with Crippen LogP contribution in [-0.2, 0) is 22.6 Å². The zero-order valence-electron chi connectivity index (χ0n) is 19.5. The Hall–Kier alpha value is -1.66. The fourth-order valence-electron chi connectivity index (χ4n) is 4.76. The lowest BCUT2D eigenvalue weighted by atomic mass is 10.1. The molecule has 1 amide bonds. The number of amides is 1. The van der Waals surface area contributed by atoms with Gasteiger partial charge in [0.25, 0.3) is 0 Å². The van der Waals surface area contributed by atoms with Crippen molar-refractivity contribution < 1.29 is 18.7 Å². The molecule has 1 unspecified atom stereocenters. The molecule has 0 bridgehead atoms. The van der Waals surface area contributed by atoms with E-state index < -0.39 is 0 Å². The van der Waals surface area contributed by atoms with E-state index in [-0.39, 0.29) is 48.5 Å².